The molecule has 0 aromatic carbocycles. The van der Waals surface area contributed by atoms with Crippen molar-refractivity contribution in [3.8, 4) is 0 Å². The monoisotopic (exact) mass is 211 g/mol. The predicted octanol–water partition coefficient (Wildman–Crippen LogP) is 2.32. The first-order valence-corrected chi connectivity index (χ1v) is 6.69. The van der Waals surface area contributed by atoms with Crippen molar-refractivity contribution in [1.29, 1.82) is 0 Å². The van der Waals surface area contributed by atoms with E-state index in [2.05, 4.69) is 12.2 Å². The van der Waals surface area contributed by atoms with Crippen molar-refractivity contribution < 1.29 is 5.11 Å². The molecule has 0 amide bonds. The Morgan fingerprint density at radius 1 is 1.07 bits per heavy atom. The molecular weight excluding hydrogens is 186 g/mol. The van der Waals surface area contributed by atoms with Crippen LogP contribution in [0, 0.1) is 11.8 Å². The van der Waals surface area contributed by atoms with Crippen molar-refractivity contribution in [3.63, 3.8) is 0 Å². The first kappa shape index (κ1) is 11.4. The zero-order valence-corrected chi connectivity index (χ0v) is 9.91. The van der Waals surface area contributed by atoms with E-state index in [0.29, 0.717) is 0 Å². The van der Waals surface area contributed by atoms with Crippen LogP contribution >= 0.6 is 0 Å². The molecule has 0 aromatic heterocycles. The predicted molar refractivity (Wildman–Crippen MR) is 62.8 cm³/mol. The highest BCUT2D eigenvalue weighted by Crippen LogP contribution is 2.29. The Bertz CT molecular complexity index is 181. The lowest BCUT2D eigenvalue weighted by Gasteiger charge is -2.34. The summed E-state index contributed by atoms with van der Waals surface area (Å²) in [5.41, 5.74) is 0. The lowest BCUT2D eigenvalue weighted by Crippen LogP contribution is -2.41. The molecule has 2 saturated carbocycles. The Morgan fingerprint density at radius 2 is 1.73 bits per heavy atom. The van der Waals surface area contributed by atoms with Crippen molar-refractivity contribution in [1.82, 2.24) is 5.32 Å². The highest BCUT2D eigenvalue weighted by Gasteiger charge is 2.28. The molecule has 2 fully saturated rings. The first-order valence-electron chi connectivity index (χ1n) is 6.69. The summed E-state index contributed by atoms with van der Waals surface area (Å²) in [5, 5.41) is 12.9. The molecule has 0 heterocycles. The van der Waals surface area contributed by atoms with E-state index in [9.17, 15) is 5.11 Å². The summed E-state index contributed by atoms with van der Waals surface area (Å²) in [6.07, 6.45) is 8.99. The number of hydrogen-bond acceptors (Lipinski definition) is 2. The van der Waals surface area contributed by atoms with E-state index in [0.717, 1.165) is 37.3 Å². The zero-order valence-electron chi connectivity index (χ0n) is 9.91. The second-order valence-corrected chi connectivity index (χ2v) is 5.53. The summed E-state index contributed by atoms with van der Waals surface area (Å²) in [6.45, 7) is 3.45. The third-order valence-corrected chi connectivity index (χ3v) is 4.33. The second kappa shape index (κ2) is 5.31. The normalized spacial score (nSPS) is 41.2. The summed E-state index contributed by atoms with van der Waals surface area (Å²) in [7, 11) is 0. The minimum atomic E-state index is 0.00706. The third kappa shape index (κ3) is 3.18. The summed E-state index contributed by atoms with van der Waals surface area (Å²) < 4.78 is 0. The van der Waals surface area contributed by atoms with Crippen LogP contribution in [0.4, 0.5) is 0 Å². The van der Waals surface area contributed by atoms with Crippen molar-refractivity contribution >= 4 is 0 Å². The highest BCUT2D eigenvalue weighted by molar-refractivity contribution is 4.83. The van der Waals surface area contributed by atoms with Crippen LogP contribution in [-0.2, 0) is 0 Å². The van der Waals surface area contributed by atoms with Gasteiger partial charge in [0.25, 0.3) is 0 Å². The first-order chi connectivity index (χ1) is 7.28. The fourth-order valence-electron chi connectivity index (χ4n) is 2.98. The molecule has 2 aliphatic carbocycles. The fourth-order valence-corrected chi connectivity index (χ4v) is 2.98. The summed E-state index contributed by atoms with van der Waals surface area (Å²) in [4.78, 5) is 0. The molecular formula is C13H25NO. The Kier molecular flexibility index (Phi) is 4.04. The molecule has 0 bridgehead atoms. The summed E-state index contributed by atoms with van der Waals surface area (Å²) >= 11 is 0. The Balaban J connectivity index is 1.56. The van der Waals surface area contributed by atoms with Gasteiger partial charge in [-0.15, -0.1) is 0 Å². The van der Waals surface area contributed by atoms with E-state index in [1.165, 1.54) is 32.1 Å². The van der Waals surface area contributed by atoms with Gasteiger partial charge in [0.1, 0.15) is 0 Å². The molecule has 88 valence electrons. The maximum atomic E-state index is 9.19. The summed E-state index contributed by atoms with van der Waals surface area (Å²) in [5.74, 6) is 1.75. The average Bonchev–Trinajstić information content (AvgIpc) is 2.23. The van der Waals surface area contributed by atoms with Gasteiger partial charge in [-0.05, 0) is 56.9 Å². The average molecular weight is 211 g/mol. The van der Waals surface area contributed by atoms with Crippen LogP contribution in [0.1, 0.15) is 51.9 Å². The van der Waals surface area contributed by atoms with Crippen LogP contribution < -0.4 is 5.32 Å². The van der Waals surface area contributed by atoms with Crippen LogP contribution in [0.2, 0.25) is 0 Å². The van der Waals surface area contributed by atoms with Crippen molar-refractivity contribution in [2.24, 2.45) is 11.8 Å². The van der Waals surface area contributed by atoms with Gasteiger partial charge in [-0.3, -0.25) is 0 Å². The molecule has 2 aliphatic rings. The molecule has 2 heteroatoms. The van der Waals surface area contributed by atoms with E-state index in [-0.39, 0.29) is 6.10 Å². The number of aliphatic hydroxyl groups excluding tert-OH is 1. The van der Waals surface area contributed by atoms with Crippen LogP contribution in [-0.4, -0.2) is 23.8 Å². The fraction of sp³-hybridized carbons (Fsp3) is 1.00. The van der Waals surface area contributed by atoms with Crippen molar-refractivity contribution in [3.05, 3.63) is 0 Å². The van der Waals surface area contributed by atoms with Crippen LogP contribution in [0.3, 0.4) is 0 Å². The van der Waals surface area contributed by atoms with Gasteiger partial charge >= 0.3 is 0 Å². The number of nitrogens with one attached hydrogen (secondary N) is 1. The van der Waals surface area contributed by atoms with Gasteiger partial charge in [0.05, 0.1) is 6.10 Å². The van der Waals surface area contributed by atoms with Crippen LogP contribution in [0.5, 0.6) is 0 Å². The van der Waals surface area contributed by atoms with Crippen LogP contribution in [0.15, 0.2) is 0 Å². The molecule has 2 nitrogen and oxygen atoms in total. The molecule has 0 unspecified atom stereocenters. The maximum Gasteiger partial charge on any atom is 0.0546 e. The Hall–Kier alpha value is -0.0800. The van der Waals surface area contributed by atoms with Crippen LogP contribution in [0.25, 0.3) is 0 Å². The van der Waals surface area contributed by atoms with Crippen molar-refractivity contribution in [2.45, 2.75) is 64.0 Å². The molecule has 0 radical (unpaired) electrons. The smallest absolute Gasteiger partial charge is 0.0546 e. The lowest BCUT2D eigenvalue weighted by atomic mass is 9.81. The number of aliphatic hydroxyl groups is 1. The lowest BCUT2D eigenvalue weighted by molar-refractivity contribution is 0.0409. The van der Waals surface area contributed by atoms with E-state index in [4.69, 9.17) is 0 Å². The standard InChI is InChI=1S/C13H25NO/c1-2-10-3-5-12(6-4-10)14-9-11-7-13(15)8-11/h10-15H,2-9H2,1H3. The zero-order chi connectivity index (χ0) is 10.7. The Morgan fingerprint density at radius 3 is 2.27 bits per heavy atom. The molecule has 0 spiro atoms. The van der Waals surface area contributed by atoms with Gasteiger partial charge in [-0.2, -0.15) is 0 Å². The second-order valence-electron chi connectivity index (χ2n) is 5.53. The van der Waals surface area contributed by atoms with Gasteiger partial charge in [0.15, 0.2) is 0 Å². The number of hydrogen-bond donors (Lipinski definition) is 2. The van der Waals surface area contributed by atoms with E-state index in [1.54, 1.807) is 0 Å². The third-order valence-electron chi connectivity index (χ3n) is 4.33. The van der Waals surface area contributed by atoms with Crippen molar-refractivity contribution in [2.75, 3.05) is 6.54 Å². The highest BCUT2D eigenvalue weighted by atomic mass is 16.3. The molecule has 0 saturated heterocycles. The van der Waals surface area contributed by atoms with E-state index in [1.807, 2.05) is 0 Å². The molecule has 0 atom stereocenters. The summed E-state index contributed by atoms with van der Waals surface area (Å²) in [6, 6.07) is 0.769. The van der Waals surface area contributed by atoms with Gasteiger partial charge in [-0.25, -0.2) is 0 Å². The molecule has 2 N–H and O–H groups in total. The molecule has 2 rings (SSSR count). The Labute approximate surface area is 93.5 Å². The van der Waals surface area contributed by atoms with Gasteiger partial charge < -0.3 is 10.4 Å². The van der Waals surface area contributed by atoms with Gasteiger partial charge in [0.2, 0.25) is 0 Å². The topological polar surface area (TPSA) is 32.3 Å². The van der Waals surface area contributed by atoms with E-state index < -0.39 is 0 Å². The van der Waals surface area contributed by atoms with E-state index >= 15 is 0 Å². The maximum absolute atomic E-state index is 9.19. The largest absolute Gasteiger partial charge is 0.393 e. The molecule has 0 aromatic rings. The SMILES string of the molecule is CCC1CCC(NCC2CC(O)C2)CC1. The molecule has 15 heavy (non-hydrogen) atoms. The van der Waals surface area contributed by atoms with Gasteiger partial charge in [-0.1, -0.05) is 13.3 Å². The van der Waals surface area contributed by atoms with Gasteiger partial charge in [0, 0.05) is 6.04 Å². The quantitative estimate of drug-likeness (QED) is 0.748. The molecule has 0 aliphatic heterocycles. The minimum Gasteiger partial charge on any atom is -0.393 e. The number of rotatable bonds is 4. The minimum absolute atomic E-state index is 0.00706.